The molecule has 2 amide bonds. The molecular formula is C11H16N4O3. The standard InChI is InChI=1S/C11H16N4O3/c1-18-8-10(16)14-2-4-15(5-3-14)11(17)9-6-12-13-7-9/h6-7H,2-5,8H2,1H3,(H,12,13). The number of hydrogen-bond donors (Lipinski definition) is 1. The van der Waals surface area contributed by atoms with Gasteiger partial charge in [-0.25, -0.2) is 0 Å². The third-order valence-electron chi connectivity index (χ3n) is 2.93. The van der Waals surface area contributed by atoms with E-state index in [-0.39, 0.29) is 18.4 Å². The van der Waals surface area contributed by atoms with E-state index < -0.39 is 0 Å². The number of carbonyl (C=O) groups excluding carboxylic acids is 2. The van der Waals surface area contributed by atoms with Gasteiger partial charge >= 0.3 is 0 Å². The summed E-state index contributed by atoms with van der Waals surface area (Å²) in [5, 5.41) is 6.37. The molecule has 0 atom stereocenters. The predicted octanol–water partition coefficient (Wildman–Crippen LogP) is -0.659. The van der Waals surface area contributed by atoms with Gasteiger partial charge < -0.3 is 14.5 Å². The Morgan fingerprint density at radius 3 is 2.56 bits per heavy atom. The lowest BCUT2D eigenvalue weighted by molar-refractivity contribution is -0.136. The molecule has 7 heteroatoms. The summed E-state index contributed by atoms with van der Waals surface area (Å²) in [5.74, 6) is -0.0875. The molecule has 1 aromatic rings. The second-order valence-electron chi connectivity index (χ2n) is 4.09. The van der Waals surface area contributed by atoms with Crippen molar-refractivity contribution >= 4 is 11.8 Å². The van der Waals surface area contributed by atoms with Crippen LogP contribution in [-0.2, 0) is 9.53 Å². The van der Waals surface area contributed by atoms with Crippen molar-refractivity contribution in [1.82, 2.24) is 20.0 Å². The Balaban J connectivity index is 1.87. The van der Waals surface area contributed by atoms with Crippen LogP contribution in [0.3, 0.4) is 0 Å². The highest BCUT2D eigenvalue weighted by atomic mass is 16.5. The van der Waals surface area contributed by atoms with Crippen molar-refractivity contribution in [3.8, 4) is 0 Å². The minimum Gasteiger partial charge on any atom is -0.375 e. The number of rotatable bonds is 3. The molecule has 7 nitrogen and oxygen atoms in total. The summed E-state index contributed by atoms with van der Waals surface area (Å²) in [6.45, 7) is 2.27. The molecule has 1 saturated heterocycles. The lowest BCUT2D eigenvalue weighted by atomic mass is 10.2. The lowest BCUT2D eigenvalue weighted by Gasteiger charge is -2.34. The van der Waals surface area contributed by atoms with E-state index in [0.717, 1.165) is 0 Å². The van der Waals surface area contributed by atoms with Gasteiger partial charge in [-0.3, -0.25) is 14.7 Å². The molecule has 18 heavy (non-hydrogen) atoms. The third kappa shape index (κ3) is 2.67. The SMILES string of the molecule is COCC(=O)N1CCN(C(=O)c2cn[nH]c2)CC1. The number of nitrogens with zero attached hydrogens (tertiary/aromatic N) is 3. The Morgan fingerprint density at radius 2 is 2.00 bits per heavy atom. The van der Waals surface area contributed by atoms with Crippen LogP contribution in [0.4, 0.5) is 0 Å². The number of ether oxygens (including phenoxy) is 1. The molecule has 0 aromatic carbocycles. The highest BCUT2D eigenvalue weighted by Crippen LogP contribution is 2.07. The zero-order chi connectivity index (χ0) is 13.0. The van der Waals surface area contributed by atoms with Crippen molar-refractivity contribution in [3.63, 3.8) is 0 Å². The molecule has 0 bridgehead atoms. The van der Waals surface area contributed by atoms with E-state index in [1.807, 2.05) is 0 Å². The van der Waals surface area contributed by atoms with Crippen molar-refractivity contribution < 1.29 is 14.3 Å². The van der Waals surface area contributed by atoms with Crippen LogP contribution < -0.4 is 0 Å². The largest absolute Gasteiger partial charge is 0.375 e. The van der Waals surface area contributed by atoms with Gasteiger partial charge in [0.2, 0.25) is 5.91 Å². The Labute approximate surface area is 105 Å². The second kappa shape index (κ2) is 5.63. The molecule has 2 heterocycles. The van der Waals surface area contributed by atoms with Crippen LogP contribution in [0.15, 0.2) is 12.4 Å². The average molecular weight is 252 g/mol. The fourth-order valence-electron chi connectivity index (χ4n) is 1.92. The summed E-state index contributed by atoms with van der Waals surface area (Å²) in [6, 6.07) is 0. The highest BCUT2D eigenvalue weighted by Gasteiger charge is 2.24. The molecule has 1 aliphatic heterocycles. The Bertz CT molecular complexity index is 410. The predicted molar refractivity (Wildman–Crippen MR) is 62.9 cm³/mol. The summed E-state index contributed by atoms with van der Waals surface area (Å²) in [6.07, 6.45) is 3.08. The Kier molecular flexibility index (Phi) is 3.93. The van der Waals surface area contributed by atoms with Gasteiger partial charge in [0.05, 0.1) is 11.8 Å². The van der Waals surface area contributed by atoms with E-state index in [9.17, 15) is 9.59 Å². The maximum Gasteiger partial charge on any atom is 0.257 e. The van der Waals surface area contributed by atoms with E-state index in [1.165, 1.54) is 13.3 Å². The maximum absolute atomic E-state index is 12.0. The zero-order valence-electron chi connectivity index (χ0n) is 10.3. The maximum atomic E-state index is 12.0. The fraction of sp³-hybridized carbons (Fsp3) is 0.545. The molecule has 0 spiro atoms. The van der Waals surface area contributed by atoms with Crippen molar-refractivity contribution in [3.05, 3.63) is 18.0 Å². The number of hydrogen-bond acceptors (Lipinski definition) is 4. The molecule has 1 fully saturated rings. The van der Waals surface area contributed by atoms with Gasteiger partial charge in [0.1, 0.15) is 6.61 Å². The molecule has 1 aromatic heterocycles. The van der Waals surface area contributed by atoms with Crippen LogP contribution in [-0.4, -0.2) is 71.7 Å². The van der Waals surface area contributed by atoms with Crippen LogP contribution in [0.25, 0.3) is 0 Å². The van der Waals surface area contributed by atoms with Gasteiger partial charge in [-0.2, -0.15) is 5.10 Å². The van der Waals surface area contributed by atoms with Crippen molar-refractivity contribution in [2.24, 2.45) is 0 Å². The van der Waals surface area contributed by atoms with Crippen LogP contribution >= 0.6 is 0 Å². The molecule has 0 radical (unpaired) electrons. The normalized spacial score (nSPS) is 15.8. The Hall–Kier alpha value is -1.89. The first-order chi connectivity index (χ1) is 8.72. The lowest BCUT2D eigenvalue weighted by Crippen LogP contribution is -2.51. The molecule has 0 unspecified atom stereocenters. The van der Waals surface area contributed by atoms with Crippen molar-refractivity contribution in [1.29, 1.82) is 0 Å². The molecule has 1 N–H and O–H groups in total. The van der Waals surface area contributed by atoms with E-state index in [1.54, 1.807) is 16.0 Å². The first-order valence-electron chi connectivity index (χ1n) is 5.77. The van der Waals surface area contributed by atoms with Gasteiger partial charge in [0.15, 0.2) is 0 Å². The van der Waals surface area contributed by atoms with Gasteiger partial charge in [0, 0.05) is 39.5 Å². The number of aromatic nitrogens is 2. The highest BCUT2D eigenvalue weighted by molar-refractivity contribution is 5.93. The zero-order valence-corrected chi connectivity index (χ0v) is 10.3. The van der Waals surface area contributed by atoms with Gasteiger partial charge in [-0.15, -0.1) is 0 Å². The van der Waals surface area contributed by atoms with Crippen LogP contribution in [0, 0.1) is 0 Å². The third-order valence-corrected chi connectivity index (χ3v) is 2.93. The fourth-order valence-corrected chi connectivity index (χ4v) is 1.92. The number of methoxy groups -OCH3 is 1. The quantitative estimate of drug-likeness (QED) is 0.774. The molecule has 2 rings (SSSR count). The average Bonchev–Trinajstić information content (AvgIpc) is 2.92. The van der Waals surface area contributed by atoms with E-state index in [0.29, 0.717) is 31.7 Å². The second-order valence-corrected chi connectivity index (χ2v) is 4.09. The minimum atomic E-state index is -0.0532. The minimum absolute atomic E-state index is 0.0343. The molecule has 98 valence electrons. The van der Waals surface area contributed by atoms with Gasteiger partial charge in [-0.1, -0.05) is 0 Å². The molecule has 1 aliphatic rings. The summed E-state index contributed by atoms with van der Waals surface area (Å²) in [7, 11) is 1.50. The first kappa shape index (κ1) is 12.6. The van der Waals surface area contributed by atoms with Crippen molar-refractivity contribution in [2.75, 3.05) is 39.9 Å². The Morgan fingerprint density at radius 1 is 1.33 bits per heavy atom. The number of piperazine rings is 1. The van der Waals surface area contributed by atoms with Gasteiger partial charge in [-0.05, 0) is 0 Å². The molecule has 0 saturated carbocycles. The number of nitrogens with one attached hydrogen (secondary N) is 1. The van der Waals surface area contributed by atoms with E-state index in [4.69, 9.17) is 4.74 Å². The molecular weight excluding hydrogens is 236 g/mol. The van der Waals surface area contributed by atoms with Crippen LogP contribution in [0.5, 0.6) is 0 Å². The van der Waals surface area contributed by atoms with Crippen molar-refractivity contribution in [2.45, 2.75) is 0 Å². The van der Waals surface area contributed by atoms with E-state index >= 15 is 0 Å². The summed E-state index contributed by atoms with van der Waals surface area (Å²) in [5.41, 5.74) is 0.548. The first-order valence-corrected chi connectivity index (χ1v) is 5.77. The van der Waals surface area contributed by atoms with Crippen LogP contribution in [0.2, 0.25) is 0 Å². The number of aromatic amines is 1. The number of carbonyl (C=O) groups is 2. The topological polar surface area (TPSA) is 78.5 Å². The monoisotopic (exact) mass is 252 g/mol. The summed E-state index contributed by atoms with van der Waals surface area (Å²) >= 11 is 0. The summed E-state index contributed by atoms with van der Waals surface area (Å²) < 4.78 is 4.81. The van der Waals surface area contributed by atoms with Crippen LogP contribution in [0.1, 0.15) is 10.4 Å². The van der Waals surface area contributed by atoms with E-state index in [2.05, 4.69) is 10.2 Å². The van der Waals surface area contributed by atoms with Gasteiger partial charge in [0.25, 0.3) is 5.91 Å². The summed E-state index contributed by atoms with van der Waals surface area (Å²) in [4.78, 5) is 27.0. The number of amides is 2. The smallest absolute Gasteiger partial charge is 0.257 e. The molecule has 0 aliphatic carbocycles. The number of H-pyrrole nitrogens is 1.